The van der Waals surface area contributed by atoms with Gasteiger partial charge in [-0.05, 0) is 55.5 Å². The fourth-order valence-corrected chi connectivity index (χ4v) is 4.59. The number of rotatable bonds is 9. The van der Waals surface area contributed by atoms with Crippen molar-refractivity contribution >= 4 is 34.7 Å². The Bertz CT molecular complexity index is 989. The fraction of sp³-hybridized carbons (Fsp3) is 0.350. The number of thioether (sulfide) groups is 1. The summed E-state index contributed by atoms with van der Waals surface area (Å²) in [5.41, 5.74) is 0.510. The van der Waals surface area contributed by atoms with E-state index < -0.39 is 11.9 Å². The quantitative estimate of drug-likeness (QED) is 0.466. The molecule has 1 aliphatic rings. The van der Waals surface area contributed by atoms with E-state index in [0.717, 1.165) is 30.2 Å². The van der Waals surface area contributed by atoms with Crippen molar-refractivity contribution in [2.24, 2.45) is 0 Å². The summed E-state index contributed by atoms with van der Waals surface area (Å²) < 4.78 is 30.9. The highest BCUT2D eigenvalue weighted by atomic mass is 32.2. The molecule has 6 nitrogen and oxygen atoms in total. The lowest BCUT2D eigenvalue weighted by Crippen LogP contribution is -2.23. The van der Waals surface area contributed by atoms with Gasteiger partial charge in [0.1, 0.15) is 11.6 Å². The van der Waals surface area contributed by atoms with Crippen LogP contribution in [-0.4, -0.2) is 32.5 Å². The van der Waals surface area contributed by atoms with E-state index in [4.69, 9.17) is 0 Å². The van der Waals surface area contributed by atoms with Crippen LogP contribution in [0, 0.1) is 0 Å². The molecule has 2 aromatic heterocycles. The lowest BCUT2D eigenvalue weighted by molar-refractivity contribution is -0.115. The van der Waals surface area contributed by atoms with Crippen molar-refractivity contribution in [3.63, 3.8) is 0 Å². The highest BCUT2D eigenvalue weighted by Crippen LogP contribution is 2.40. The first-order valence-electron chi connectivity index (χ1n) is 9.48. The number of nitrogens with one attached hydrogen (secondary N) is 1. The van der Waals surface area contributed by atoms with Gasteiger partial charge in [0.2, 0.25) is 5.91 Å². The van der Waals surface area contributed by atoms with Crippen LogP contribution in [0.3, 0.4) is 0 Å². The summed E-state index contributed by atoms with van der Waals surface area (Å²) in [7, 11) is 0. The number of anilines is 1. The molecule has 0 saturated heterocycles. The number of hydrogen-bond acceptors (Lipinski definition) is 6. The van der Waals surface area contributed by atoms with Crippen molar-refractivity contribution in [3.05, 3.63) is 52.5 Å². The van der Waals surface area contributed by atoms with E-state index in [9.17, 15) is 13.6 Å². The molecule has 10 heteroatoms. The molecule has 1 fully saturated rings. The number of alkyl halides is 2. The normalized spacial score (nSPS) is 14.7. The van der Waals surface area contributed by atoms with Crippen molar-refractivity contribution in [1.82, 2.24) is 14.8 Å². The fourth-order valence-electron chi connectivity index (χ4n) is 2.95. The smallest absolute Gasteiger partial charge is 0.387 e. The van der Waals surface area contributed by atoms with E-state index in [1.54, 1.807) is 18.3 Å². The second-order valence-corrected chi connectivity index (χ2v) is 9.25. The number of halogens is 2. The van der Waals surface area contributed by atoms with Gasteiger partial charge in [0.15, 0.2) is 5.16 Å². The van der Waals surface area contributed by atoms with Crippen LogP contribution in [0.4, 0.5) is 14.5 Å². The maximum Gasteiger partial charge on any atom is 0.387 e. The number of amides is 1. The Morgan fingerprint density at radius 1 is 1.30 bits per heavy atom. The topological polar surface area (TPSA) is 69.0 Å². The van der Waals surface area contributed by atoms with E-state index in [2.05, 4.69) is 30.9 Å². The average molecular weight is 451 g/mol. The molecule has 1 amide bonds. The Balaban J connectivity index is 1.40. The number of ether oxygens (including phenoxy) is 1. The highest BCUT2D eigenvalue weighted by molar-refractivity contribution is 8.00. The molecule has 0 bridgehead atoms. The number of nitrogens with zero attached hydrogens (tertiary/aromatic N) is 3. The minimum atomic E-state index is -2.88. The number of carbonyl (C=O) groups excluding carboxylic acids is 1. The van der Waals surface area contributed by atoms with Gasteiger partial charge in [-0.25, -0.2) is 0 Å². The maximum atomic E-state index is 12.6. The van der Waals surface area contributed by atoms with Crippen LogP contribution in [0.1, 0.15) is 36.5 Å². The molecule has 30 heavy (non-hydrogen) atoms. The molecule has 3 aromatic rings. The van der Waals surface area contributed by atoms with Gasteiger partial charge in [-0.1, -0.05) is 17.8 Å². The van der Waals surface area contributed by atoms with Crippen LogP contribution >= 0.6 is 23.1 Å². The molecule has 1 atom stereocenters. The Hall–Kier alpha value is -2.46. The van der Waals surface area contributed by atoms with Gasteiger partial charge in [-0.15, -0.1) is 21.5 Å². The predicted molar refractivity (Wildman–Crippen MR) is 112 cm³/mol. The molecular formula is C20H20F2N4O2S2. The summed E-state index contributed by atoms with van der Waals surface area (Å²) in [6, 6.07) is 10.3. The SMILES string of the molecule is CC(Sc1nnc(Cc2cccs2)n1C1CC1)C(=O)Nc1ccc(OC(F)F)cc1. The standard InChI is InChI=1S/C20H20F2N4O2S2/c1-12(18(27)23-13-4-8-15(9-5-13)28-19(21)22)30-20-25-24-17(26(20)14-6-7-14)11-16-3-2-10-29-16/h2-5,8-10,12,14,19H,6-7,11H2,1H3,(H,23,27). The van der Waals surface area contributed by atoms with Crippen molar-refractivity contribution in [1.29, 1.82) is 0 Å². The highest BCUT2D eigenvalue weighted by Gasteiger charge is 2.31. The molecule has 1 aliphatic carbocycles. The zero-order valence-corrected chi connectivity index (χ0v) is 17.8. The van der Waals surface area contributed by atoms with Gasteiger partial charge in [0, 0.05) is 23.0 Å². The number of carbonyl (C=O) groups is 1. The molecule has 0 spiro atoms. The molecule has 1 saturated carbocycles. The van der Waals surface area contributed by atoms with Crippen molar-refractivity contribution < 1.29 is 18.3 Å². The summed E-state index contributed by atoms with van der Waals surface area (Å²) in [5, 5.41) is 13.9. The third-order valence-electron chi connectivity index (χ3n) is 4.56. The van der Waals surface area contributed by atoms with Crippen molar-refractivity contribution in [2.45, 2.75) is 49.2 Å². The lowest BCUT2D eigenvalue weighted by Gasteiger charge is -2.13. The molecule has 1 unspecified atom stereocenters. The zero-order chi connectivity index (χ0) is 21.1. The van der Waals surface area contributed by atoms with Crippen LogP contribution in [0.15, 0.2) is 46.9 Å². The van der Waals surface area contributed by atoms with Gasteiger partial charge in [-0.3, -0.25) is 4.79 Å². The van der Waals surface area contributed by atoms with E-state index >= 15 is 0 Å². The Kier molecular flexibility index (Phi) is 6.33. The average Bonchev–Trinajstić information content (AvgIpc) is 3.27. The summed E-state index contributed by atoms with van der Waals surface area (Å²) in [6.07, 6.45) is 2.92. The molecule has 1 N–H and O–H groups in total. The largest absolute Gasteiger partial charge is 0.435 e. The molecule has 0 radical (unpaired) electrons. The molecule has 4 rings (SSSR count). The second-order valence-electron chi connectivity index (χ2n) is 6.91. The maximum absolute atomic E-state index is 12.6. The first-order chi connectivity index (χ1) is 14.5. The number of benzene rings is 1. The molecule has 158 valence electrons. The molecule has 0 aliphatic heterocycles. The van der Waals surface area contributed by atoms with Crippen LogP contribution in [0.25, 0.3) is 0 Å². The number of thiophene rings is 1. The van der Waals surface area contributed by atoms with Crippen LogP contribution in [0.2, 0.25) is 0 Å². The summed E-state index contributed by atoms with van der Waals surface area (Å²) in [4.78, 5) is 13.8. The van der Waals surface area contributed by atoms with E-state index in [1.807, 2.05) is 11.4 Å². The van der Waals surface area contributed by atoms with E-state index in [1.165, 1.54) is 40.9 Å². The van der Waals surface area contributed by atoms with Gasteiger partial charge >= 0.3 is 6.61 Å². The Labute approximate surface area is 180 Å². The van der Waals surface area contributed by atoms with Gasteiger partial charge < -0.3 is 14.6 Å². The third kappa shape index (κ3) is 5.17. The van der Waals surface area contributed by atoms with Gasteiger partial charge in [0.25, 0.3) is 0 Å². The summed E-state index contributed by atoms with van der Waals surface area (Å²) in [6.45, 7) is -1.07. The monoisotopic (exact) mass is 450 g/mol. The van der Waals surface area contributed by atoms with Gasteiger partial charge in [0.05, 0.1) is 5.25 Å². The minimum absolute atomic E-state index is 0.0428. The van der Waals surface area contributed by atoms with Crippen LogP contribution < -0.4 is 10.1 Å². The van der Waals surface area contributed by atoms with Crippen LogP contribution in [-0.2, 0) is 11.2 Å². The molecule has 1 aromatic carbocycles. The lowest BCUT2D eigenvalue weighted by atomic mass is 10.3. The Morgan fingerprint density at radius 3 is 2.70 bits per heavy atom. The first-order valence-corrected chi connectivity index (χ1v) is 11.2. The Morgan fingerprint density at radius 2 is 2.07 bits per heavy atom. The summed E-state index contributed by atoms with van der Waals surface area (Å²) >= 11 is 3.06. The van der Waals surface area contributed by atoms with Crippen molar-refractivity contribution in [3.8, 4) is 5.75 Å². The van der Waals surface area contributed by atoms with E-state index in [-0.39, 0.29) is 11.7 Å². The minimum Gasteiger partial charge on any atom is -0.435 e. The summed E-state index contributed by atoms with van der Waals surface area (Å²) in [5.74, 6) is 0.763. The number of aromatic nitrogens is 3. The third-order valence-corrected chi connectivity index (χ3v) is 6.49. The zero-order valence-electron chi connectivity index (χ0n) is 16.1. The first kappa shape index (κ1) is 20.8. The van der Waals surface area contributed by atoms with Crippen molar-refractivity contribution in [2.75, 3.05) is 5.32 Å². The van der Waals surface area contributed by atoms with Gasteiger partial charge in [-0.2, -0.15) is 8.78 Å². The number of hydrogen-bond donors (Lipinski definition) is 1. The van der Waals surface area contributed by atoms with E-state index in [0.29, 0.717) is 11.7 Å². The molecular weight excluding hydrogens is 430 g/mol. The van der Waals surface area contributed by atoms with Crippen LogP contribution in [0.5, 0.6) is 5.75 Å². The molecule has 2 heterocycles. The second kappa shape index (κ2) is 9.13. The predicted octanol–water partition coefficient (Wildman–Crippen LogP) is 4.99.